The Hall–Kier alpha value is -1.95. The number of pyridine rings is 1. The van der Waals surface area contributed by atoms with Crippen molar-refractivity contribution in [3.8, 4) is 0 Å². The number of aliphatic carboxylic acids is 1. The summed E-state index contributed by atoms with van der Waals surface area (Å²) in [6, 6.07) is 3.15. The molecule has 1 fully saturated rings. The zero-order chi connectivity index (χ0) is 13.8. The Morgan fingerprint density at radius 1 is 1.63 bits per heavy atom. The highest BCUT2D eigenvalue weighted by Crippen LogP contribution is 2.15. The van der Waals surface area contributed by atoms with Gasteiger partial charge in [-0.25, -0.2) is 0 Å². The van der Waals surface area contributed by atoms with Crippen molar-refractivity contribution in [1.29, 1.82) is 0 Å². The number of carbonyl (C=O) groups excluding carboxylic acids is 1. The molecule has 0 aromatic carbocycles. The lowest BCUT2D eigenvalue weighted by Gasteiger charge is -2.37. The maximum absolute atomic E-state index is 11.9. The number of amides is 1. The minimum absolute atomic E-state index is 0.0224. The summed E-state index contributed by atoms with van der Waals surface area (Å²) in [7, 11) is 0. The largest absolute Gasteiger partial charge is 0.481 e. The van der Waals surface area contributed by atoms with Crippen LogP contribution in [-0.2, 0) is 16.1 Å². The Labute approximate surface area is 111 Å². The number of hydrogen-bond donors (Lipinski definition) is 2. The molecule has 2 rings (SSSR count). The average molecular weight is 263 g/mol. The standard InChI is InChI=1S/C13H17N3O3/c1-9-7-16(8-10-3-2-4-14-6-10)11(5-12(17)18)13(19)15-9/h2-4,6,9,11H,5,7-8H2,1H3,(H,15,19)(H,17,18). The van der Waals surface area contributed by atoms with Gasteiger partial charge in [0.05, 0.1) is 6.42 Å². The molecule has 2 unspecified atom stereocenters. The second-order valence-electron chi connectivity index (χ2n) is 4.81. The summed E-state index contributed by atoms with van der Waals surface area (Å²) in [6.45, 7) is 3.08. The van der Waals surface area contributed by atoms with Crippen molar-refractivity contribution in [3.63, 3.8) is 0 Å². The number of nitrogens with one attached hydrogen (secondary N) is 1. The molecule has 1 aromatic heterocycles. The van der Waals surface area contributed by atoms with E-state index in [4.69, 9.17) is 5.11 Å². The maximum atomic E-state index is 11.9. The van der Waals surface area contributed by atoms with Gasteiger partial charge in [-0.1, -0.05) is 6.07 Å². The molecule has 2 N–H and O–H groups in total. The van der Waals surface area contributed by atoms with Crippen LogP contribution in [0.1, 0.15) is 18.9 Å². The van der Waals surface area contributed by atoms with E-state index >= 15 is 0 Å². The van der Waals surface area contributed by atoms with Gasteiger partial charge in [-0.05, 0) is 18.6 Å². The van der Waals surface area contributed by atoms with Gasteiger partial charge >= 0.3 is 5.97 Å². The Morgan fingerprint density at radius 2 is 2.42 bits per heavy atom. The van der Waals surface area contributed by atoms with Crippen LogP contribution in [-0.4, -0.2) is 45.5 Å². The first-order chi connectivity index (χ1) is 9.06. The number of nitrogens with zero attached hydrogens (tertiary/aromatic N) is 2. The molecule has 6 heteroatoms. The molecule has 19 heavy (non-hydrogen) atoms. The predicted molar refractivity (Wildman–Crippen MR) is 68.3 cm³/mol. The lowest BCUT2D eigenvalue weighted by molar-refractivity contribution is -0.144. The molecule has 1 aliphatic heterocycles. The fourth-order valence-corrected chi connectivity index (χ4v) is 2.32. The molecule has 2 heterocycles. The van der Waals surface area contributed by atoms with E-state index < -0.39 is 12.0 Å². The van der Waals surface area contributed by atoms with Crippen molar-refractivity contribution in [2.45, 2.75) is 32.0 Å². The summed E-state index contributed by atoms with van der Waals surface area (Å²) in [6.07, 6.45) is 3.23. The zero-order valence-corrected chi connectivity index (χ0v) is 10.7. The minimum atomic E-state index is -0.967. The number of carbonyl (C=O) groups is 2. The van der Waals surface area contributed by atoms with Crippen LogP contribution in [0.4, 0.5) is 0 Å². The first-order valence-electron chi connectivity index (χ1n) is 6.21. The van der Waals surface area contributed by atoms with E-state index in [-0.39, 0.29) is 18.4 Å². The van der Waals surface area contributed by atoms with Gasteiger partial charge in [-0.2, -0.15) is 0 Å². The minimum Gasteiger partial charge on any atom is -0.481 e. The van der Waals surface area contributed by atoms with Crippen molar-refractivity contribution in [1.82, 2.24) is 15.2 Å². The third kappa shape index (κ3) is 3.51. The van der Waals surface area contributed by atoms with E-state index in [9.17, 15) is 9.59 Å². The van der Waals surface area contributed by atoms with Gasteiger partial charge in [0.25, 0.3) is 0 Å². The van der Waals surface area contributed by atoms with Crippen molar-refractivity contribution in [2.75, 3.05) is 6.54 Å². The molecule has 1 aromatic rings. The molecular formula is C13H17N3O3. The van der Waals surface area contributed by atoms with Crippen LogP contribution < -0.4 is 5.32 Å². The van der Waals surface area contributed by atoms with Crippen LogP contribution in [0.5, 0.6) is 0 Å². The number of carboxylic acids is 1. The third-order valence-electron chi connectivity index (χ3n) is 3.12. The van der Waals surface area contributed by atoms with Crippen LogP contribution in [0.15, 0.2) is 24.5 Å². The highest BCUT2D eigenvalue weighted by Gasteiger charge is 2.34. The summed E-state index contributed by atoms with van der Waals surface area (Å²) in [5, 5.41) is 11.7. The Bertz CT molecular complexity index is 463. The van der Waals surface area contributed by atoms with E-state index in [2.05, 4.69) is 10.3 Å². The van der Waals surface area contributed by atoms with Crippen LogP contribution >= 0.6 is 0 Å². The van der Waals surface area contributed by atoms with Gasteiger partial charge in [-0.3, -0.25) is 19.5 Å². The van der Waals surface area contributed by atoms with E-state index in [0.29, 0.717) is 13.1 Å². The van der Waals surface area contributed by atoms with Gasteiger partial charge in [0.1, 0.15) is 6.04 Å². The average Bonchev–Trinajstić information content (AvgIpc) is 2.34. The lowest BCUT2D eigenvalue weighted by atomic mass is 10.0. The molecule has 6 nitrogen and oxygen atoms in total. The topological polar surface area (TPSA) is 82.5 Å². The molecule has 0 radical (unpaired) electrons. The molecule has 1 amide bonds. The lowest BCUT2D eigenvalue weighted by Crippen LogP contribution is -2.59. The second kappa shape index (κ2) is 5.79. The number of rotatable bonds is 4. The van der Waals surface area contributed by atoms with Crippen molar-refractivity contribution >= 4 is 11.9 Å². The smallest absolute Gasteiger partial charge is 0.305 e. The number of hydrogen-bond acceptors (Lipinski definition) is 4. The maximum Gasteiger partial charge on any atom is 0.305 e. The number of carboxylic acid groups (broad SMARTS) is 1. The molecule has 0 spiro atoms. The molecule has 0 aliphatic carbocycles. The highest BCUT2D eigenvalue weighted by molar-refractivity contribution is 5.87. The van der Waals surface area contributed by atoms with Crippen molar-refractivity contribution < 1.29 is 14.7 Å². The molecular weight excluding hydrogens is 246 g/mol. The fourth-order valence-electron chi connectivity index (χ4n) is 2.32. The summed E-state index contributed by atoms with van der Waals surface area (Å²) < 4.78 is 0. The SMILES string of the molecule is CC1CN(Cc2cccnc2)C(CC(=O)O)C(=O)N1. The van der Waals surface area contributed by atoms with Crippen LogP contribution in [0.2, 0.25) is 0 Å². The van der Waals surface area contributed by atoms with Crippen LogP contribution in [0.3, 0.4) is 0 Å². The second-order valence-corrected chi connectivity index (χ2v) is 4.81. The van der Waals surface area contributed by atoms with E-state index in [1.54, 1.807) is 12.4 Å². The first-order valence-corrected chi connectivity index (χ1v) is 6.21. The van der Waals surface area contributed by atoms with Gasteiger partial charge in [0.15, 0.2) is 0 Å². The molecule has 0 saturated carbocycles. The first kappa shape index (κ1) is 13.5. The van der Waals surface area contributed by atoms with Crippen molar-refractivity contribution in [3.05, 3.63) is 30.1 Å². The summed E-state index contributed by atoms with van der Waals surface area (Å²) in [5.41, 5.74) is 0.972. The normalized spacial score (nSPS) is 23.9. The summed E-state index contributed by atoms with van der Waals surface area (Å²) >= 11 is 0. The monoisotopic (exact) mass is 263 g/mol. The Balaban J connectivity index is 2.13. The number of piperazine rings is 1. The van der Waals surface area contributed by atoms with Crippen molar-refractivity contribution in [2.24, 2.45) is 0 Å². The van der Waals surface area contributed by atoms with Gasteiger partial charge in [0.2, 0.25) is 5.91 Å². The molecule has 1 aliphatic rings. The number of aromatic nitrogens is 1. The zero-order valence-electron chi connectivity index (χ0n) is 10.7. The Morgan fingerprint density at radius 3 is 3.05 bits per heavy atom. The van der Waals surface area contributed by atoms with E-state index in [1.165, 1.54) is 0 Å². The van der Waals surface area contributed by atoms with E-state index in [0.717, 1.165) is 5.56 Å². The molecule has 102 valence electrons. The van der Waals surface area contributed by atoms with Crippen LogP contribution in [0.25, 0.3) is 0 Å². The van der Waals surface area contributed by atoms with Crippen LogP contribution in [0, 0.1) is 0 Å². The van der Waals surface area contributed by atoms with Gasteiger partial charge < -0.3 is 10.4 Å². The molecule has 0 bridgehead atoms. The molecule has 1 saturated heterocycles. The fraction of sp³-hybridized carbons (Fsp3) is 0.462. The highest BCUT2D eigenvalue weighted by atomic mass is 16.4. The van der Waals surface area contributed by atoms with Gasteiger partial charge in [-0.15, -0.1) is 0 Å². The quantitative estimate of drug-likeness (QED) is 0.813. The Kier molecular flexibility index (Phi) is 4.11. The summed E-state index contributed by atoms with van der Waals surface area (Å²) in [5.74, 6) is -1.18. The molecule has 2 atom stereocenters. The van der Waals surface area contributed by atoms with E-state index in [1.807, 2.05) is 24.0 Å². The summed E-state index contributed by atoms with van der Waals surface area (Å²) in [4.78, 5) is 28.7. The predicted octanol–water partition coefficient (Wildman–Crippen LogP) is 0.245. The third-order valence-corrected chi connectivity index (χ3v) is 3.12. The van der Waals surface area contributed by atoms with Gasteiger partial charge in [0, 0.05) is 31.5 Å².